The van der Waals surface area contributed by atoms with Gasteiger partial charge in [0.2, 0.25) is 0 Å². The van der Waals surface area contributed by atoms with E-state index in [1.807, 2.05) is 66.5 Å². The molecule has 0 saturated heterocycles. The Bertz CT molecular complexity index is 1070. The Morgan fingerprint density at radius 1 is 1.26 bits per heavy atom. The highest BCUT2D eigenvalue weighted by Crippen LogP contribution is 2.34. The maximum Gasteiger partial charge on any atom is 0.197 e. The number of anilines is 1. The van der Waals surface area contributed by atoms with Crippen molar-refractivity contribution in [3.63, 3.8) is 0 Å². The number of carbonyl (C=O) groups excluding carboxylic acids is 1. The molecule has 0 aliphatic heterocycles. The number of nitrogen functional groups attached to an aromatic ring is 1. The van der Waals surface area contributed by atoms with E-state index in [1.54, 1.807) is 6.07 Å². The standard InChI is InChI=1S/C18H18B3BrINO3/c1-3-9-10(11-12(19)13(20)15(24)14(21)18(11)26-9)16(25)7-4-6(2)17(27-23)8(22)5-7/h4-5H,3,19-21,24H2,1-2H3. The van der Waals surface area contributed by atoms with Gasteiger partial charge in [-0.1, -0.05) is 17.8 Å². The van der Waals surface area contributed by atoms with E-state index in [9.17, 15) is 4.79 Å². The van der Waals surface area contributed by atoms with Crippen LogP contribution < -0.4 is 25.2 Å². The number of hydrogen-bond donors (Lipinski definition) is 1. The fraction of sp³-hybridized carbons (Fsp3) is 0.167. The molecule has 1 heterocycles. The van der Waals surface area contributed by atoms with E-state index in [2.05, 4.69) is 15.9 Å². The van der Waals surface area contributed by atoms with Gasteiger partial charge >= 0.3 is 0 Å². The van der Waals surface area contributed by atoms with Gasteiger partial charge in [-0.25, -0.2) is 0 Å². The number of ketones is 1. The Morgan fingerprint density at radius 3 is 2.48 bits per heavy atom. The van der Waals surface area contributed by atoms with E-state index in [0.717, 1.165) is 43.2 Å². The largest absolute Gasteiger partial charge is 0.461 e. The van der Waals surface area contributed by atoms with Crippen LogP contribution in [-0.2, 0) is 6.42 Å². The van der Waals surface area contributed by atoms with Crippen LogP contribution in [0.25, 0.3) is 11.0 Å². The molecule has 27 heavy (non-hydrogen) atoms. The molecule has 2 N–H and O–H groups in total. The minimum absolute atomic E-state index is 0.0546. The number of carbonyl (C=O) groups is 1. The number of hydrogen-bond acceptors (Lipinski definition) is 4. The summed E-state index contributed by atoms with van der Waals surface area (Å²) in [6, 6.07) is 3.65. The number of benzene rings is 2. The van der Waals surface area contributed by atoms with Gasteiger partial charge in [-0.05, 0) is 46.0 Å². The van der Waals surface area contributed by atoms with Gasteiger partial charge in [0.1, 0.15) is 34.9 Å². The average molecular weight is 536 g/mol. The van der Waals surface area contributed by atoms with Gasteiger partial charge in [0.25, 0.3) is 0 Å². The zero-order valence-corrected chi connectivity index (χ0v) is 19.7. The lowest BCUT2D eigenvalue weighted by Crippen LogP contribution is -2.35. The minimum atomic E-state index is -0.0546. The van der Waals surface area contributed by atoms with E-state index < -0.39 is 0 Å². The van der Waals surface area contributed by atoms with Crippen LogP contribution in [0.5, 0.6) is 5.75 Å². The second-order valence-electron chi connectivity index (χ2n) is 6.76. The predicted octanol–water partition coefficient (Wildman–Crippen LogP) is 0.383. The number of fused-ring (bicyclic) bond motifs is 1. The first-order chi connectivity index (χ1) is 12.7. The van der Waals surface area contributed by atoms with Gasteiger partial charge < -0.3 is 13.2 Å². The maximum atomic E-state index is 13.5. The van der Waals surface area contributed by atoms with Crippen LogP contribution in [0.2, 0.25) is 0 Å². The molecule has 2 aromatic carbocycles. The molecule has 0 aliphatic carbocycles. The molecule has 0 fully saturated rings. The molecule has 0 amide bonds. The van der Waals surface area contributed by atoms with Crippen molar-refractivity contribution in [3.8, 4) is 5.75 Å². The van der Waals surface area contributed by atoms with Crippen molar-refractivity contribution in [1.29, 1.82) is 0 Å². The van der Waals surface area contributed by atoms with Crippen LogP contribution in [0.1, 0.15) is 34.2 Å². The second-order valence-corrected chi connectivity index (χ2v) is 8.05. The lowest BCUT2D eigenvalue weighted by Gasteiger charge is -2.12. The van der Waals surface area contributed by atoms with Crippen LogP contribution in [-0.4, -0.2) is 29.3 Å². The highest BCUT2D eigenvalue weighted by molar-refractivity contribution is 14.1. The molecule has 0 spiro atoms. The highest BCUT2D eigenvalue weighted by Gasteiger charge is 2.26. The lowest BCUT2D eigenvalue weighted by atomic mass is 9.72. The second kappa shape index (κ2) is 7.58. The van der Waals surface area contributed by atoms with Crippen LogP contribution in [0.4, 0.5) is 5.69 Å². The minimum Gasteiger partial charge on any atom is -0.461 e. The van der Waals surface area contributed by atoms with Crippen molar-refractivity contribution in [3.05, 3.63) is 39.1 Å². The molecular formula is C18H18B3BrINO3. The number of nitrogens with two attached hydrogens (primary N) is 1. The van der Waals surface area contributed by atoms with Gasteiger partial charge in [0.05, 0.1) is 10.0 Å². The Morgan fingerprint density at radius 2 is 1.93 bits per heavy atom. The number of furan rings is 1. The number of rotatable bonds is 4. The molecule has 0 bridgehead atoms. The molecule has 3 rings (SSSR count). The van der Waals surface area contributed by atoms with Crippen molar-refractivity contribution in [2.24, 2.45) is 0 Å². The fourth-order valence-corrected chi connectivity index (χ4v) is 5.01. The molecular weight excluding hydrogens is 517 g/mol. The zero-order valence-electron chi connectivity index (χ0n) is 15.9. The van der Waals surface area contributed by atoms with Crippen LogP contribution in [0.15, 0.2) is 21.0 Å². The molecule has 1 aromatic heterocycles. The lowest BCUT2D eigenvalue weighted by molar-refractivity contribution is 0.103. The van der Waals surface area contributed by atoms with E-state index >= 15 is 0 Å². The summed E-state index contributed by atoms with van der Waals surface area (Å²) in [5.74, 6) is 1.35. The van der Waals surface area contributed by atoms with Gasteiger partial charge in [-0.15, -0.1) is 0 Å². The van der Waals surface area contributed by atoms with Crippen LogP contribution >= 0.6 is 38.9 Å². The van der Waals surface area contributed by atoms with Crippen molar-refractivity contribution in [1.82, 2.24) is 0 Å². The summed E-state index contributed by atoms with van der Waals surface area (Å²) in [4.78, 5) is 13.5. The van der Waals surface area contributed by atoms with E-state index in [0.29, 0.717) is 28.9 Å². The monoisotopic (exact) mass is 535 g/mol. The van der Waals surface area contributed by atoms with Crippen molar-refractivity contribution < 1.29 is 12.3 Å². The first-order valence-corrected chi connectivity index (χ1v) is 10.3. The van der Waals surface area contributed by atoms with E-state index in [1.165, 1.54) is 0 Å². The summed E-state index contributed by atoms with van der Waals surface area (Å²) in [6.07, 6.45) is 0.628. The molecule has 0 atom stereocenters. The third kappa shape index (κ3) is 3.22. The fourth-order valence-electron chi connectivity index (χ4n) is 3.49. The molecule has 0 saturated carbocycles. The first kappa shape index (κ1) is 20.4. The SMILES string of the molecule is Bc1c(N)c(B)c2oc(CC)c(C(=O)c3cc(C)c(OI)c(Br)c3)c2c1B. The Hall–Kier alpha value is -1.35. The van der Waals surface area contributed by atoms with Crippen LogP contribution in [0, 0.1) is 6.92 Å². The maximum absolute atomic E-state index is 13.5. The molecule has 0 unspecified atom stereocenters. The topological polar surface area (TPSA) is 65.5 Å². The van der Waals surface area contributed by atoms with Crippen molar-refractivity contribution in [2.45, 2.75) is 20.3 Å². The molecule has 0 aliphatic rings. The van der Waals surface area contributed by atoms with Crippen molar-refractivity contribution in [2.75, 3.05) is 5.73 Å². The molecule has 9 heteroatoms. The third-order valence-electron chi connectivity index (χ3n) is 5.18. The Labute approximate surface area is 183 Å². The average Bonchev–Trinajstić information content (AvgIpc) is 3.03. The number of aryl methyl sites for hydroxylation is 2. The Kier molecular flexibility index (Phi) is 5.73. The van der Waals surface area contributed by atoms with E-state index in [-0.39, 0.29) is 5.78 Å². The quantitative estimate of drug-likeness (QED) is 0.227. The van der Waals surface area contributed by atoms with Crippen molar-refractivity contribution >= 4 is 101 Å². The summed E-state index contributed by atoms with van der Waals surface area (Å²) in [6.45, 7) is 3.91. The zero-order chi connectivity index (χ0) is 20.0. The predicted molar refractivity (Wildman–Crippen MR) is 131 cm³/mol. The molecule has 4 nitrogen and oxygen atoms in total. The summed E-state index contributed by atoms with van der Waals surface area (Å²) in [5.41, 5.74) is 12.6. The molecule has 3 aromatic rings. The van der Waals surface area contributed by atoms with Gasteiger partial charge in [0.15, 0.2) is 34.5 Å². The van der Waals surface area contributed by atoms with Crippen LogP contribution in [0.3, 0.4) is 0 Å². The smallest absolute Gasteiger partial charge is 0.197 e. The van der Waals surface area contributed by atoms with Gasteiger partial charge in [-0.2, -0.15) is 0 Å². The first-order valence-electron chi connectivity index (χ1n) is 8.66. The van der Waals surface area contributed by atoms with Gasteiger partial charge in [0, 0.05) is 23.1 Å². The highest BCUT2D eigenvalue weighted by atomic mass is 127. The summed E-state index contributed by atoms with van der Waals surface area (Å²) >= 11 is 5.34. The van der Waals surface area contributed by atoms with Gasteiger partial charge in [-0.3, -0.25) is 4.79 Å². The normalized spacial score (nSPS) is 11.1. The Balaban J connectivity index is 2.33. The number of halogens is 2. The molecule has 0 radical (unpaired) electrons. The molecule has 136 valence electrons. The summed E-state index contributed by atoms with van der Waals surface area (Å²) in [5, 5.41) is 0.865. The third-order valence-corrected chi connectivity index (χ3v) is 6.21. The van der Waals surface area contributed by atoms with E-state index in [4.69, 9.17) is 13.2 Å². The summed E-state index contributed by atoms with van der Waals surface area (Å²) < 4.78 is 12.2. The summed E-state index contributed by atoms with van der Waals surface area (Å²) in [7, 11) is 5.92.